The number of nitrogens with one attached hydrogen (secondary N) is 1. The fraction of sp³-hybridized carbons (Fsp3) is 0.0833. The second-order valence-electron chi connectivity index (χ2n) is 3.58. The van der Waals surface area contributed by atoms with Gasteiger partial charge in [0, 0.05) is 5.02 Å². The molecule has 6 heteroatoms. The Morgan fingerprint density at radius 3 is 2.72 bits per heavy atom. The van der Waals surface area contributed by atoms with Gasteiger partial charge in [-0.3, -0.25) is 4.79 Å². The molecule has 1 aromatic carbocycles. The van der Waals surface area contributed by atoms with Crippen LogP contribution in [0.25, 0.3) is 0 Å². The van der Waals surface area contributed by atoms with Crippen LogP contribution in [-0.2, 0) is 11.2 Å². The number of aromatic nitrogens is 2. The van der Waals surface area contributed by atoms with Crippen molar-refractivity contribution in [2.24, 2.45) is 0 Å². The van der Waals surface area contributed by atoms with E-state index < -0.39 is 0 Å². The van der Waals surface area contributed by atoms with Gasteiger partial charge in [0.2, 0.25) is 5.91 Å². The molecule has 0 spiro atoms. The third kappa shape index (κ3) is 3.68. The molecule has 92 valence electrons. The molecule has 0 atom stereocenters. The van der Waals surface area contributed by atoms with Crippen LogP contribution in [0.1, 0.15) is 5.56 Å². The van der Waals surface area contributed by atoms with Crippen LogP contribution in [0.3, 0.4) is 0 Å². The Bertz CT molecular complexity index is 558. The molecule has 0 bridgehead atoms. The molecule has 1 N–H and O–H groups in total. The van der Waals surface area contributed by atoms with E-state index in [4.69, 9.17) is 23.2 Å². The van der Waals surface area contributed by atoms with Gasteiger partial charge in [-0.15, -0.1) is 0 Å². The van der Waals surface area contributed by atoms with Crippen LogP contribution in [0.2, 0.25) is 10.2 Å². The van der Waals surface area contributed by atoms with E-state index in [0.717, 1.165) is 5.56 Å². The van der Waals surface area contributed by atoms with Crippen LogP contribution < -0.4 is 5.32 Å². The molecule has 0 saturated heterocycles. The molecule has 0 unspecified atom stereocenters. The predicted octanol–water partition coefficient (Wildman–Crippen LogP) is 2.96. The minimum absolute atomic E-state index is 0.186. The Hall–Kier alpha value is -1.65. The van der Waals surface area contributed by atoms with Crippen molar-refractivity contribution in [2.45, 2.75) is 6.42 Å². The number of hydrogen-bond acceptors (Lipinski definition) is 3. The van der Waals surface area contributed by atoms with Crippen molar-refractivity contribution in [3.8, 4) is 0 Å². The summed E-state index contributed by atoms with van der Waals surface area (Å²) in [6.45, 7) is 0. The standard InChI is InChI=1S/C12H9Cl2N3O/c13-9-3-1-2-8(4-9)5-12(18)17-11-7-15-10(14)6-16-11/h1-4,6-7H,5H2,(H,16,17,18). The smallest absolute Gasteiger partial charge is 0.229 e. The predicted molar refractivity (Wildman–Crippen MR) is 70.8 cm³/mol. The van der Waals surface area contributed by atoms with Crippen LogP contribution in [0, 0.1) is 0 Å². The minimum atomic E-state index is -0.186. The van der Waals surface area contributed by atoms with E-state index in [-0.39, 0.29) is 17.5 Å². The second-order valence-corrected chi connectivity index (χ2v) is 4.40. The first kappa shape index (κ1) is 12.8. The van der Waals surface area contributed by atoms with Gasteiger partial charge >= 0.3 is 0 Å². The van der Waals surface area contributed by atoms with E-state index >= 15 is 0 Å². The summed E-state index contributed by atoms with van der Waals surface area (Å²) in [5.41, 5.74) is 0.835. The van der Waals surface area contributed by atoms with Crippen LogP contribution in [0.5, 0.6) is 0 Å². The Balaban J connectivity index is 1.98. The number of amides is 1. The summed E-state index contributed by atoms with van der Waals surface area (Å²) in [4.78, 5) is 19.5. The average Bonchev–Trinajstić information content (AvgIpc) is 2.32. The quantitative estimate of drug-likeness (QED) is 0.941. The first-order chi connectivity index (χ1) is 8.63. The van der Waals surface area contributed by atoms with E-state index in [0.29, 0.717) is 10.8 Å². The highest BCUT2D eigenvalue weighted by atomic mass is 35.5. The molecule has 4 nitrogen and oxygen atoms in total. The fourth-order valence-electron chi connectivity index (χ4n) is 1.40. The van der Waals surface area contributed by atoms with Gasteiger partial charge in [0.25, 0.3) is 0 Å². The summed E-state index contributed by atoms with van der Waals surface area (Å²) < 4.78 is 0. The van der Waals surface area contributed by atoms with E-state index in [1.54, 1.807) is 18.2 Å². The number of benzene rings is 1. The fourth-order valence-corrected chi connectivity index (χ4v) is 1.71. The van der Waals surface area contributed by atoms with E-state index in [2.05, 4.69) is 15.3 Å². The normalized spacial score (nSPS) is 10.1. The highest BCUT2D eigenvalue weighted by Gasteiger charge is 2.05. The number of anilines is 1. The summed E-state index contributed by atoms with van der Waals surface area (Å²) >= 11 is 11.4. The Labute approximate surface area is 114 Å². The third-order valence-electron chi connectivity index (χ3n) is 2.14. The second kappa shape index (κ2) is 5.80. The number of halogens is 2. The molecular weight excluding hydrogens is 273 g/mol. The zero-order valence-electron chi connectivity index (χ0n) is 9.23. The number of carbonyl (C=O) groups is 1. The largest absolute Gasteiger partial charge is 0.309 e. The maximum Gasteiger partial charge on any atom is 0.229 e. The molecule has 0 radical (unpaired) electrons. The topological polar surface area (TPSA) is 54.9 Å². The van der Waals surface area contributed by atoms with Crippen molar-refractivity contribution in [1.29, 1.82) is 0 Å². The molecule has 1 amide bonds. The van der Waals surface area contributed by atoms with Gasteiger partial charge in [0.15, 0.2) is 5.82 Å². The molecule has 0 fully saturated rings. The van der Waals surface area contributed by atoms with Crippen LogP contribution >= 0.6 is 23.2 Å². The summed E-state index contributed by atoms with van der Waals surface area (Å²) in [7, 11) is 0. The van der Waals surface area contributed by atoms with Gasteiger partial charge in [-0.1, -0.05) is 35.3 Å². The Kier molecular flexibility index (Phi) is 4.12. The summed E-state index contributed by atoms with van der Waals surface area (Å²) in [6.07, 6.45) is 3.00. The van der Waals surface area contributed by atoms with Crippen LogP contribution in [-0.4, -0.2) is 15.9 Å². The zero-order valence-corrected chi connectivity index (χ0v) is 10.7. The van der Waals surface area contributed by atoms with Crippen molar-refractivity contribution in [2.75, 3.05) is 5.32 Å². The number of hydrogen-bond donors (Lipinski definition) is 1. The van der Waals surface area contributed by atoms with Gasteiger partial charge in [0.1, 0.15) is 5.15 Å². The molecule has 2 aromatic rings. The number of nitrogens with zero attached hydrogens (tertiary/aromatic N) is 2. The summed E-state index contributed by atoms with van der Waals surface area (Å²) in [5.74, 6) is 0.181. The lowest BCUT2D eigenvalue weighted by atomic mass is 10.1. The van der Waals surface area contributed by atoms with Gasteiger partial charge in [-0.25, -0.2) is 9.97 Å². The van der Waals surface area contributed by atoms with Crippen molar-refractivity contribution in [3.05, 3.63) is 52.4 Å². The SMILES string of the molecule is O=C(Cc1cccc(Cl)c1)Nc1cnc(Cl)cn1. The van der Waals surface area contributed by atoms with Crippen LogP contribution in [0.4, 0.5) is 5.82 Å². The monoisotopic (exact) mass is 281 g/mol. The maximum atomic E-state index is 11.7. The van der Waals surface area contributed by atoms with Crippen molar-refractivity contribution in [1.82, 2.24) is 9.97 Å². The first-order valence-electron chi connectivity index (χ1n) is 5.15. The molecule has 0 saturated carbocycles. The molecule has 0 aliphatic rings. The average molecular weight is 282 g/mol. The summed E-state index contributed by atoms with van der Waals surface area (Å²) in [6, 6.07) is 7.13. The number of carbonyl (C=O) groups excluding carboxylic acids is 1. The van der Waals surface area contributed by atoms with Crippen molar-refractivity contribution >= 4 is 34.9 Å². The maximum absolute atomic E-state index is 11.7. The van der Waals surface area contributed by atoms with E-state index in [9.17, 15) is 4.79 Å². The Morgan fingerprint density at radius 1 is 1.22 bits per heavy atom. The van der Waals surface area contributed by atoms with Gasteiger partial charge in [-0.2, -0.15) is 0 Å². The van der Waals surface area contributed by atoms with Crippen molar-refractivity contribution < 1.29 is 4.79 Å². The zero-order chi connectivity index (χ0) is 13.0. The molecule has 0 aliphatic heterocycles. The number of rotatable bonds is 3. The molecule has 1 aromatic heterocycles. The Morgan fingerprint density at radius 2 is 2.06 bits per heavy atom. The lowest BCUT2D eigenvalue weighted by Gasteiger charge is -2.04. The molecule has 1 heterocycles. The van der Waals surface area contributed by atoms with Crippen LogP contribution in [0.15, 0.2) is 36.7 Å². The van der Waals surface area contributed by atoms with Gasteiger partial charge in [-0.05, 0) is 17.7 Å². The van der Waals surface area contributed by atoms with Gasteiger partial charge in [0.05, 0.1) is 18.8 Å². The minimum Gasteiger partial charge on any atom is -0.309 e. The highest BCUT2D eigenvalue weighted by molar-refractivity contribution is 6.30. The molecular formula is C12H9Cl2N3O. The van der Waals surface area contributed by atoms with Gasteiger partial charge < -0.3 is 5.32 Å². The summed E-state index contributed by atoms with van der Waals surface area (Å²) in [5, 5.41) is 3.51. The first-order valence-corrected chi connectivity index (χ1v) is 5.91. The van der Waals surface area contributed by atoms with Crippen molar-refractivity contribution in [3.63, 3.8) is 0 Å². The molecule has 18 heavy (non-hydrogen) atoms. The lowest BCUT2D eigenvalue weighted by Crippen LogP contribution is -2.15. The molecule has 0 aliphatic carbocycles. The molecule has 2 rings (SSSR count). The highest BCUT2D eigenvalue weighted by Crippen LogP contribution is 2.12. The third-order valence-corrected chi connectivity index (χ3v) is 2.57. The van der Waals surface area contributed by atoms with E-state index in [1.165, 1.54) is 12.4 Å². The van der Waals surface area contributed by atoms with E-state index in [1.807, 2.05) is 6.07 Å². The lowest BCUT2D eigenvalue weighted by molar-refractivity contribution is -0.115.